The second kappa shape index (κ2) is 7.69. The first-order chi connectivity index (χ1) is 9.78. The number of hydrogen-bond acceptors (Lipinski definition) is 4. The van der Waals surface area contributed by atoms with E-state index in [1.165, 1.54) is 0 Å². The lowest BCUT2D eigenvalue weighted by atomic mass is 10.3. The average Bonchev–Trinajstić information content (AvgIpc) is 3.09. The molecule has 0 unspecified atom stereocenters. The zero-order chi connectivity index (χ0) is 14.2. The molecular weight excluding hydrogens is 272 g/mol. The molecule has 0 fully saturated rings. The van der Waals surface area contributed by atoms with Gasteiger partial charge in [-0.25, -0.2) is 4.98 Å². The molecule has 2 N–H and O–H groups in total. The molecule has 2 heterocycles. The van der Waals surface area contributed by atoms with E-state index in [0.29, 0.717) is 0 Å². The minimum atomic E-state index is 0.795. The first-order valence-electron chi connectivity index (χ1n) is 6.66. The normalized spacial score (nSPS) is 11.6. The molecule has 0 amide bonds. The van der Waals surface area contributed by atoms with Crippen LogP contribution in [0.3, 0.4) is 0 Å². The number of furan rings is 1. The van der Waals surface area contributed by atoms with E-state index in [0.717, 1.165) is 48.4 Å². The van der Waals surface area contributed by atoms with E-state index in [1.807, 2.05) is 19.1 Å². The van der Waals surface area contributed by atoms with E-state index in [-0.39, 0.29) is 0 Å². The number of rotatable bonds is 6. The van der Waals surface area contributed by atoms with Crippen molar-refractivity contribution in [1.82, 2.24) is 15.6 Å². The quantitative estimate of drug-likeness (QED) is 0.631. The lowest BCUT2D eigenvalue weighted by Gasteiger charge is -2.10. The van der Waals surface area contributed by atoms with Gasteiger partial charge >= 0.3 is 0 Å². The number of aryl methyl sites for hydroxylation is 1. The molecule has 6 heteroatoms. The van der Waals surface area contributed by atoms with Crippen LogP contribution < -0.4 is 10.6 Å². The molecule has 2 rings (SSSR count). The summed E-state index contributed by atoms with van der Waals surface area (Å²) in [5.74, 6) is 1.79. The highest BCUT2D eigenvalue weighted by Crippen LogP contribution is 2.07. The van der Waals surface area contributed by atoms with Crippen LogP contribution in [0.1, 0.15) is 16.5 Å². The lowest BCUT2D eigenvalue weighted by Crippen LogP contribution is -2.39. The SMILES string of the molecule is CN=C(NCCc1csc(C)n1)NCCc1ccco1. The van der Waals surface area contributed by atoms with Gasteiger partial charge in [-0.05, 0) is 19.1 Å². The maximum Gasteiger partial charge on any atom is 0.191 e. The van der Waals surface area contributed by atoms with Crippen LogP contribution >= 0.6 is 11.3 Å². The summed E-state index contributed by atoms with van der Waals surface area (Å²) < 4.78 is 5.28. The van der Waals surface area contributed by atoms with Gasteiger partial charge in [-0.15, -0.1) is 11.3 Å². The average molecular weight is 292 g/mol. The Morgan fingerprint density at radius 3 is 2.75 bits per heavy atom. The summed E-state index contributed by atoms with van der Waals surface area (Å²) in [6.07, 6.45) is 3.44. The Labute approximate surface area is 123 Å². The predicted molar refractivity (Wildman–Crippen MR) is 82.3 cm³/mol. The third-order valence-electron chi connectivity index (χ3n) is 2.81. The minimum absolute atomic E-state index is 0.795. The van der Waals surface area contributed by atoms with Crippen LogP contribution in [0.2, 0.25) is 0 Å². The van der Waals surface area contributed by atoms with Gasteiger partial charge in [-0.3, -0.25) is 4.99 Å². The third-order valence-corrected chi connectivity index (χ3v) is 3.63. The maximum atomic E-state index is 5.28. The standard InChI is InChI=1S/C14H20N4OS/c1-11-18-12(10-20-11)5-7-16-14(15-2)17-8-6-13-4-3-9-19-13/h3-4,9-10H,5-8H2,1-2H3,(H2,15,16,17). The Morgan fingerprint density at radius 2 is 2.15 bits per heavy atom. The van der Waals surface area contributed by atoms with Gasteiger partial charge in [-0.1, -0.05) is 0 Å². The highest BCUT2D eigenvalue weighted by atomic mass is 32.1. The molecule has 108 valence electrons. The molecule has 0 bridgehead atoms. The summed E-state index contributed by atoms with van der Waals surface area (Å²) >= 11 is 1.69. The summed E-state index contributed by atoms with van der Waals surface area (Å²) in [6, 6.07) is 3.88. The van der Waals surface area contributed by atoms with Crippen molar-refractivity contribution < 1.29 is 4.42 Å². The fourth-order valence-corrected chi connectivity index (χ4v) is 2.46. The van der Waals surface area contributed by atoms with Crippen LogP contribution in [0.15, 0.2) is 33.2 Å². The van der Waals surface area contributed by atoms with Crippen LogP contribution in [-0.4, -0.2) is 31.1 Å². The summed E-state index contributed by atoms with van der Waals surface area (Å²) in [7, 11) is 1.77. The Kier molecular flexibility index (Phi) is 5.61. The molecule has 0 radical (unpaired) electrons. The molecule has 0 saturated heterocycles. The van der Waals surface area contributed by atoms with E-state index in [2.05, 4.69) is 26.0 Å². The number of guanidine groups is 1. The second-order valence-corrected chi connectivity index (χ2v) is 5.43. The molecule has 20 heavy (non-hydrogen) atoms. The number of thiazole rings is 1. The molecule has 0 aliphatic heterocycles. The predicted octanol–water partition coefficient (Wildman–Crippen LogP) is 1.99. The van der Waals surface area contributed by atoms with Crippen molar-refractivity contribution in [2.24, 2.45) is 4.99 Å². The monoisotopic (exact) mass is 292 g/mol. The summed E-state index contributed by atoms with van der Waals surface area (Å²) in [5, 5.41) is 9.75. The minimum Gasteiger partial charge on any atom is -0.469 e. The summed E-state index contributed by atoms with van der Waals surface area (Å²) in [5.41, 5.74) is 1.13. The molecular formula is C14H20N4OS. The Morgan fingerprint density at radius 1 is 1.35 bits per heavy atom. The highest BCUT2D eigenvalue weighted by Gasteiger charge is 2.01. The topological polar surface area (TPSA) is 62.5 Å². The zero-order valence-electron chi connectivity index (χ0n) is 11.8. The van der Waals surface area contributed by atoms with Crippen molar-refractivity contribution in [1.29, 1.82) is 0 Å². The van der Waals surface area contributed by atoms with Gasteiger partial charge in [0, 0.05) is 38.4 Å². The third kappa shape index (κ3) is 4.70. The zero-order valence-corrected chi connectivity index (χ0v) is 12.7. The van der Waals surface area contributed by atoms with Crippen molar-refractivity contribution in [3.05, 3.63) is 40.2 Å². The number of aliphatic imine (C=N–C) groups is 1. The Bertz CT molecular complexity index is 533. The van der Waals surface area contributed by atoms with Crippen molar-refractivity contribution >= 4 is 17.3 Å². The molecule has 0 aromatic carbocycles. The molecule has 0 atom stereocenters. The number of hydrogen-bond donors (Lipinski definition) is 2. The van der Waals surface area contributed by atoms with Gasteiger partial charge in [0.2, 0.25) is 0 Å². The van der Waals surface area contributed by atoms with Crippen molar-refractivity contribution in [3.8, 4) is 0 Å². The molecule has 5 nitrogen and oxygen atoms in total. The first kappa shape index (κ1) is 14.6. The van der Waals surface area contributed by atoms with E-state index in [1.54, 1.807) is 24.6 Å². The molecule has 2 aromatic heterocycles. The van der Waals surface area contributed by atoms with Crippen LogP contribution in [0.25, 0.3) is 0 Å². The molecule has 0 aliphatic rings. The molecule has 0 spiro atoms. The maximum absolute atomic E-state index is 5.28. The van der Waals surface area contributed by atoms with Crippen molar-refractivity contribution in [2.45, 2.75) is 19.8 Å². The van der Waals surface area contributed by atoms with Gasteiger partial charge in [0.1, 0.15) is 5.76 Å². The van der Waals surface area contributed by atoms with Crippen LogP contribution in [0.4, 0.5) is 0 Å². The summed E-state index contributed by atoms with van der Waals surface area (Å²) in [4.78, 5) is 8.62. The lowest BCUT2D eigenvalue weighted by molar-refractivity contribution is 0.507. The molecule has 2 aromatic rings. The van der Waals surface area contributed by atoms with Crippen LogP contribution in [0.5, 0.6) is 0 Å². The van der Waals surface area contributed by atoms with Crippen LogP contribution in [0, 0.1) is 6.92 Å². The molecule has 0 aliphatic carbocycles. The second-order valence-electron chi connectivity index (χ2n) is 4.36. The Hall–Kier alpha value is -1.82. The highest BCUT2D eigenvalue weighted by molar-refractivity contribution is 7.09. The van der Waals surface area contributed by atoms with E-state index < -0.39 is 0 Å². The summed E-state index contributed by atoms with van der Waals surface area (Å²) in [6.45, 7) is 3.64. The fourth-order valence-electron chi connectivity index (χ4n) is 1.81. The van der Waals surface area contributed by atoms with Gasteiger partial charge in [-0.2, -0.15) is 0 Å². The van der Waals surface area contributed by atoms with Crippen molar-refractivity contribution in [2.75, 3.05) is 20.1 Å². The fraction of sp³-hybridized carbons (Fsp3) is 0.429. The van der Waals surface area contributed by atoms with Gasteiger partial charge in [0.05, 0.1) is 17.0 Å². The smallest absolute Gasteiger partial charge is 0.191 e. The van der Waals surface area contributed by atoms with E-state index >= 15 is 0 Å². The number of nitrogens with zero attached hydrogens (tertiary/aromatic N) is 2. The van der Waals surface area contributed by atoms with Gasteiger partial charge in [0.15, 0.2) is 5.96 Å². The number of nitrogens with one attached hydrogen (secondary N) is 2. The van der Waals surface area contributed by atoms with E-state index in [9.17, 15) is 0 Å². The van der Waals surface area contributed by atoms with Crippen molar-refractivity contribution in [3.63, 3.8) is 0 Å². The van der Waals surface area contributed by atoms with Crippen LogP contribution in [-0.2, 0) is 12.8 Å². The molecule has 0 saturated carbocycles. The largest absolute Gasteiger partial charge is 0.469 e. The number of aromatic nitrogens is 1. The van der Waals surface area contributed by atoms with Gasteiger partial charge in [0.25, 0.3) is 0 Å². The Balaban J connectivity index is 1.65. The van der Waals surface area contributed by atoms with E-state index in [4.69, 9.17) is 4.42 Å². The van der Waals surface area contributed by atoms with Gasteiger partial charge < -0.3 is 15.1 Å². The first-order valence-corrected chi connectivity index (χ1v) is 7.54.